The summed E-state index contributed by atoms with van der Waals surface area (Å²) in [6, 6.07) is 0.163. The first kappa shape index (κ1) is 14.2. The molecule has 2 aromatic rings. The number of thiazole rings is 1. The zero-order valence-corrected chi connectivity index (χ0v) is 12.7. The van der Waals surface area contributed by atoms with Crippen molar-refractivity contribution in [2.45, 2.75) is 46.2 Å². The molecule has 0 aliphatic heterocycles. The summed E-state index contributed by atoms with van der Waals surface area (Å²) in [7, 11) is 0. The fourth-order valence-electron chi connectivity index (χ4n) is 2.07. The molecule has 0 amide bonds. The molecule has 104 valence electrons. The van der Waals surface area contributed by atoms with Crippen molar-refractivity contribution < 1.29 is 0 Å². The van der Waals surface area contributed by atoms with E-state index in [9.17, 15) is 0 Å². The molecule has 2 rings (SSSR count). The normalized spacial score (nSPS) is 12.8. The minimum absolute atomic E-state index is 0.163. The fourth-order valence-corrected chi connectivity index (χ4v) is 2.71. The molecular formula is C14H22N4S. The standard InChI is InChI=1S/C14H22N4S/c1-4-6-15-14(13-10-19-11(3)17-13)12-8-16-18(9-12)7-5-2/h8-10,14-15H,4-7H2,1-3H3. The van der Waals surface area contributed by atoms with Gasteiger partial charge < -0.3 is 5.32 Å². The first-order valence-electron chi connectivity index (χ1n) is 6.92. The summed E-state index contributed by atoms with van der Waals surface area (Å²) < 4.78 is 2.01. The van der Waals surface area contributed by atoms with Crippen LogP contribution in [0.4, 0.5) is 0 Å². The summed E-state index contributed by atoms with van der Waals surface area (Å²) in [5.41, 5.74) is 2.30. The van der Waals surface area contributed by atoms with E-state index in [1.54, 1.807) is 11.3 Å². The molecule has 0 saturated heterocycles. The van der Waals surface area contributed by atoms with E-state index in [0.29, 0.717) is 0 Å². The maximum atomic E-state index is 4.61. The molecule has 0 aliphatic carbocycles. The van der Waals surface area contributed by atoms with E-state index < -0.39 is 0 Å². The van der Waals surface area contributed by atoms with Crippen LogP contribution in [0.5, 0.6) is 0 Å². The molecule has 0 aliphatic rings. The van der Waals surface area contributed by atoms with Crippen molar-refractivity contribution >= 4 is 11.3 Å². The zero-order chi connectivity index (χ0) is 13.7. The summed E-state index contributed by atoms with van der Waals surface area (Å²) in [5.74, 6) is 0. The molecule has 0 bridgehead atoms. The highest BCUT2D eigenvalue weighted by Crippen LogP contribution is 2.23. The van der Waals surface area contributed by atoms with Crippen LogP contribution in [0, 0.1) is 6.92 Å². The second-order valence-electron chi connectivity index (χ2n) is 4.72. The molecule has 4 nitrogen and oxygen atoms in total. The van der Waals surface area contributed by atoms with Crippen LogP contribution in [0.1, 0.15) is 49.0 Å². The molecule has 1 N–H and O–H groups in total. The van der Waals surface area contributed by atoms with Crippen molar-refractivity contribution in [1.82, 2.24) is 20.1 Å². The largest absolute Gasteiger partial charge is 0.305 e. The highest BCUT2D eigenvalue weighted by atomic mass is 32.1. The van der Waals surface area contributed by atoms with Gasteiger partial charge in [-0.25, -0.2) is 4.98 Å². The monoisotopic (exact) mass is 278 g/mol. The average molecular weight is 278 g/mol. The Balaban J connectivity index is 2.20. The molecule has 2 heterocycles. The quantitative estimate of drug-likeness (QED) is 0.846. The molecule has 19 heavy (non-hydrogen) atoms. The molecule has 2 aromatic heterocycles. The van der Waals surface area contributed by atoms with Crippen molar-refractivity contribution in [3.05, 3.63) is 34.0 Å². The van der Waals surface area contributed by atoms with Gasteiger partial charge in [0.1, 0.15) is 0 Å². The number of rotatable bonds is 7. The SMILES string of the molecule is CCCNC(c1cnn(CCC)c1)c1csc(C)n1. The van der Waals surface area contributed by atoms with Crippen LogP contribution < -0.4 is 5.32 Å². The number of aryl methyl sites for hydroxylation is 2. The van der Waals surface area contributed by atoms with E-state index >= 15 is 0 Å². The highest BCUT2D eigenvalue weighted by Gasteiger charge is 2.17. The third-order valence-corrected chi connectivity index (χ3v) is 3.76. The number of hydrogen-bond acceptors (Lipinski definition) is 4. The second kappa shape index (κ2) is 6.82. The Morgan fingerprint density at radius 2 is 2.21 bits per heavy atom. The van der Waals surface area contributed by atoms with Gasteiger partial charge in [-0.1, -0.05) is 13.8 Å². The van der Waals surface area contributed by atoms with Crippen LogP contribution in [0.15, 0.2) is 17.8 Å². The Hall–Kier alpha value is -1.20. The molecule has 0 radical (unpaired) electrons. The van der Waals surface area contributed by atoms with E-state index in [1.807, 2.05) is 17.8 Å². The third-order valence-electron chi connectivity index (χ3n) is 2.97. The lowest BCUT2D eigenvalue weighted by molar-refractivity contribution is 0.581. The van der Waals surface area contributed by atoms with E-state index in [0.717, 1.165) is 36.6 Å². The van der Waals surface area contributed by atoms with Gasteiger partial charge >= 0.3 is 0 Å². The van der Waals surface area contributed by atoms with Gasteiger partial charge in [-0.15, -0.1) is 11.3 Å². The van der Waals surface area contributed by atoms with Crippen LogP contribution in [0.25, 0.3) is 0 Å². The molecule has 1 unspecified atom stereocenters. The zero-order valence-electron chi connectivity index (χ0n) is 11.9. The predicted octanol–water partition coefficient (Wildman–Crippen LogP) is 3.15. The van der Waals surface area contributed by atoms with Crippen molar-refractivity contribution in [2.24, 2.45) is 0 Å². The van der Waals surface area contributed by atoms with E-state index in [-0.39, 0.29) is 6.04 Å². The van der Waals surface area contributed by atoms with Gasteiger partial charge in [0.05, 0.1) is 22.9 Å². The lowest BCUT2D eigenvalue weighted by atomic mass is 10.1. The van der Waals surface area contributed by atoms with E-state index in [2.05, 4.69) is 40.8 Å². The smallest absolute Gasteiger partial charge is 0.0898 e. The molecule has 1 atom stereocenters. The minimum atomic E-state index is 0.163. The maximum Gasteiger partial charge on any atom is 0.0898 e. The Kier molecular flexibility index (Phi) is 5.10. The number of nitrogens with zero attached hydrogens (tertiary/aromatic N) is 3. The first-order chi connectivity index (χ1) is 9.24. The van der Waals surface area contributed by atoms with Crippen molar-refractivity contribution in [3.63, 3.8) is 0 Å². The van der Waals surface area contributed by atoms with Crippen molar-refractivity contribution in [3.8, 4) is 0 Å². The Bertz CT molecular complexity index is 503. The van der Waals surface area contributed by atoms with Gasteiger partial charge in [-0.05, 0) is 26.3 Å². The molecule has 0 aromatic carbocycles. The number of aromatic nitrogens is 3. The molecule has 0 saturated carbocycles. The summed E-state index contributed by atoms with van der Waals surface area (Å²) in [6.45, 7) is 8.34. The Morgan fingerprint density at radius 1 is 1.37 bits per heavy atom. The van der Waals surface area contributed by atoms with Gasteiger partial charge in [0.25, 0.3) is 0 Å². The van der Waals surface area contributed by atoms with Crippen LogP contribution in [-0.2, 0) is 6.54 Å². The van der Waals surface area contributed by atoms with Gasteiger partial charge in [-0.2, -0.15) is 5.10 Å². The summed E-state index contributed by atoms with van der Waals surface area (Å²) in [6.07, 6.45) is 6.30. The van der Waals surface area contributed by atoms with Gasteiger partial charge in [0.15, 0.2) is 0 Å². The molecular weight excluding hydrogens is 256 g/mol. The molecule has 0 spiro atoms. The van der Waals surface area contributed by atoms with E-state index in [4.69, 9.17) is 0 Å². The lowest BCUT2D eigenvalue weighted by Gasteiger charge is -2.14. The minimum Gasteiger partial charge on any atom is -0.305 e. The Morgan fingerprint density at radius 3 is 2.84 bits per heavy atom. The number of nitrogens with one attached hydrogen (secondary N) is 1. The average Bonchev–Trinajstić information content (AvgIpc) is 3.01. The summed E-state index contributed by atoms with van der Waals surface area (Å²) >= 11 is 1.70. The van der Waals surface area contributed by atoms with Crippen LogP contribution in [-0.4, -0.2) is 21.3 Å². The van der Waals surface area contributed by atoms with Crippen molar-refractivity contribution in [1.29, 1.82) is 0 Å². The van der Waals surface area contributed by atoms with Gasteiger partial charge in [0, 0.05) is 23.7 Å². The first-order valence-corrected chi connectivity index (χ1v) is 7.80. The van der Waals surface area contributed by atoms with Gasteiger partial charge in [0.2, 0.25) is 0 Å². The molecule has 5 heteroatoms. The molecule has 0 fully saturated rings. The second-order valence-corrected chi connectivity index (χ2v) is 5.78. The fraction of sp³-hybridized carbons (Fsp3) is 0.571. The summed E-state index contributed by atoms with van der Waals surface area (Å²) in [4.78, 5) is 4.61. The lowest BCUT2D eigenvalue weighted by Crippen LogP contribution is -2.23. The highest BCUT2D eigenvalue weighted by molar-refractivity contribution is 7.09. The third kappa shape index (κ3) is 3.64. The van der Waals surface area contributed by atoms with E-state index in [1.165, 1.54) is 5.56 Å². The summed E-state index contributed by atoms with van der Waals surface area (Å²) in [5, 5.41) is 11.2. The number of hydrogen-bond donors (Lipinski definition) is 1. The maximum absolute atomic E-state index is 4.61. The van der Waals surface area contributed by atoms with Crippen LogP contribution in [0.3, 0.4) is 0 Å². The van der Waals surface area contributed by atoms with Crippen LogP contribution in [0.2, 0.25) is 0 Å². The van der Waals surface area contributed by atoms with Crippen molar-refractivity contribution in [2.75, 3.05) is 6.54 Å². The topological polar surface area (TPSA) is 42.7 Å². The van der Waals surface area contributed by atoms with Crippen LogP contribution >= 0.6 is 11.3 Å². The Labute approximate surface area is 118 Å². The van der Waals surface area contributed by atoms with Gasteiger partial charge in [-0.3, -0.25) is 4.68 Å². The predicted molar refractivity (Wildman–Crippen MR) is 79.5 cm³/mol.